The van der Waals surface area contributed by atoms with Crippen molar-refractivity contribution in [3.05, 3.63) is 0 Å². The lowest BCUT2D eigenvalue weighted by molar-refractivity contribution is -0.127. The number of carbonyl (C=O) groups is 1. The highest BCUT2D eigenvalue weighted by Crippen LogP contribution is 2.23. The fourth-order valence-electron chi connectivity index (χ4n) is 3.82. The molecular formula is C20H40IN5O2. The number of halogens is 1. The van der Waals surface area contributed by atoms with Gasteiger partial charge in [-0.1, -0.05) is 19.3 Å². The van der Waals surface area contributed by atoms with Gasteiger partial charge in [-0.3, -0.25) is 9.69 Å². The quantitative estimate of drug-likeness (QED) is 0.235. The van der Waals surface area contributed by atoms with E-state index in [2.05, 4.69) is 20.1 Å². The van der Waals surface area contributed by atoms with Gasteiger partial charge in [0, 0.05) is 66.1 Å². The molecule has 0 aromatic carbocycles. The first-order valence-corrected chi connectivity index (χ1v) is 10.7. The predicted octanol–water partition coefficient (Wildman–Crippen LogP) is 2.02. The van der Waals surface area contributed by atoms with E-state index in [0.717, 1.165) is 64.4 Å². The van der Waals surface area contributed by atoms with Gasteiger partial charge in [0.05, 0.1) is 0 Å². The Hall–Kier alpha value is -0.610. The Balaban J connectivity index is 0.00000392. The van der Waals surface area contributed by atoms with Crippen LogP contribution in [0, 0.1) is 0 Å². The lowest BCUT2D eigenvalue weighted by Crippen LogP contribution is -2.55. The first-order valence-electron chi connectivity index (χ1n) is 10.7. The molecule has 2 aliphatic rings. The second-order valence-corrected chi connectivity index (χ2v) is 7.72. The molecule has 0 atom stereocenters. The van der Waals surface area contributed by atoms with Crippen LogP contribution in [0.3, 0.4) is 0 Å². The van der Waals surface area contributed by atoms with Crippen LogP contribution in [-0.2, 0) is 9.53 Å². The number of guanidine groups is 1. The maximum atomic E-state index is 11.9. The lowest BCUT2D eigenvalue weighted by Gasteiger charge is -2.41. The molecule has 0 spiro atoms. The van der Waals surface area contributed by atoms with Crippen molar-refractivity contribution in [2.45, 2.75) is 51.5 Å². The number of likely N-dealkylation sites (N-methyl/N-ethyl adjacent to an activating group) is 1. The third-order valence-corrected chi connectivity index (χ3v) is 5.52. The van der Waals surface area contributed by atoms with Crippen molar-refractivity contribution in [3.8, 4) is 0 Å². The summed E-state index contributed by atoms with van der Waals surface area (Å²) < 4.78 is 5.41. The molecule has 1 aliphatic carbocycles. The van der Waals surface area contributed by atoms with Gasteiger partial charge >= 0.3 is 0 Å². The molecule has 0 bridgehead atoms. The van der Waals surface area contributed by atoms with Crippen LogP contribution in [0.4, 0.5) is 0 Å². The third-order valence-electron chi connectivity index (χ3n) is 5.52. The van der Waals surface area contributed by atoms with Gasteiger partial charge in [-0.05, 0) is 26.2 Å². The highest BCUT2D eigenvalue weighted by atomic mass is 127. The van der Waals surface area contributed by atoms with Crippen LogP contribution in [0.2, 0.25) is 0 Å². The molecule has 8 heteroatoms. The van der Waals surface area contributed by atoms with Crippen LogP contribution in [-0.4, -0.2) is 99.2 Å². The normalized spacial score (nSPS) is 19.2. The molecule has 7 nitrogen and oxygen atoms in total. The summed E-state index contributed by atoms with van der Waals surface area (Å²) in [5, 5.41) is 3.44. The molecule has 1 aliphatic heterocycles. The Morgan fingerprint density at radius 2 is 1.82 bits per heavy atom. The Morgan fingerprint density at radius 1 is 1.14 bits per heavy atom. The third kappa shape index (κ3) is 8.82. The van der Waals surface area contributed by atoms with E-state index in [4.69, 9.17) is 4.74 Å². The molecule has 164 valence electrons. The fourth-order valence-corrected chi connectivity index (χ4v) is 3.82. The van der Waals surface area contributed by atoms with Crippen LogP contribution in [0.25, 0.3) is 0 Å². The Bertz CT molecular complexity index is 462. The minimum Gasteiger partial charge on any atom is -0.382 e. The molecule has 0 aromatic rings. The van der Waals surface area contributed by atoms with Gasteiger partial charge in [-0.2, -0.15) is 0 Å². The monoisotopic (exact) mass is 509 g/mol. The molecule has 1 saturated heterocycles. The van der Waals surface area contributed by atoms with Gasteiger partial charge in [0.2, 0.25) is 5.91 Å². The maximum Gasteiger partial charge on any atom is 0.243 e. The smallest absolute Gasteiger partial charge is 0.243 e. The van der Waals surface area contributed by atoms with Crippen molar-refractivity contribution >= 4 is 35.8 Å². The van der Waals surface area contributed by atoms with Crippen molar-refractivity contribution in [2.75, 3.05) is 66.6 Å². The molecule has 0 aromatic heterocycles. The average Bonchev–Trinajstić information content (AvgIpc) is 2.70. The summed E-state index contributed by atoms with van der Waals surface area (Å²) in [6.45, 7) is 8.66. The number of nitrogens with zero attached hydrogens (tertiary/aromatic N) is 4. The zero-order valence-electron chi connectivity index (χ0n) is 18.0. The van der Waals surface area contributed by atoms with E-state index in [1.807, 2.05) is 6.92 Å². The minimum atomic E-state index is 0. The molecular weight excluding hydrogens is 469 g/mol. The number of hydrogen-bond donors (Lipinski definition) is 1. The maximum absolute atomic E-state index is 11.9. The van der Waals surface area contributed by atoms with E-state index in [1.54, 1.807) is 19.0 Å². The molecule has 2 fully saturated rings. The molecule has 1 N–H and O–H groups in total. The number of aliphatic imine (C=N–C) groups is 1. The Labute approximate surface area is 188 Å². The Kier molecular flexibility index (Phi) is 13.1. The largest absolute Gasteiger partial charge is 0.382 e. The summed E-state index contributed by atoms with van der Waals surface area (Å²) in [5.41, 5.74) is 0. The van der Waals surface area contributed by atoms with Gasteiger partial charge in [-0.15, -0.1) is 24.0 Å². The van der Waals surface area contributed by atoms with Gasteiger partial charge < -0.3 is 19.9 Å². The summed E-state index contributed by atoms with van der Waals surface area (Å²) in [6, 6.07) is 0.774. The van der Waals surface area contributed by atoms with Crippen LogP contribution in [0.1, 0.15) is 45.4 Å². The number of carbonyl (C=O) groups excluding carboxylic acids is 1. The summed E-state index contributed by atoms with van der Waals surface area (Å²) in [6.07, 6.45) is 7.81. The van der Waals surface area contributed by atoms with Gasteiger partial charge in [0.15, 0.2) is 5.96 Å². The van der Waals surface area contributed by atoms with Gasteiger partial charge in [0.1, 0.15) is 6.54 Å². The zero-order chi connectivity index (χ0) is 19.5. The van der Waals surface area contributed by atoms with E-state index in [9.17, 15) is 4.79 Å². The van der Waals surface area contributed by atoms with E-state index >= 15 is 0 Å². The first kappa shape index (κ1) is 25.4. The van der Waals surface area contributed by atoms with Crippen LogP contribution >= 0.6 is 24.0 Å². The summed E-state index contributed by atoms with van der Waals surface area (Å²) in [5.74, 6) is 0.898. The van der Waals surface area contributed by atoms with Gasteiger partial charge in [0.25, 0.3) is 0 Å². The second kappa shape index (κ2) is 14.4. The molecule has 0 unspecified atom stereocenters. The van der Waals surface area contributed by atoms with E-state index in [1.165, 1.54) is 32.1 Å². The Morgan fingerprint density at radius 3 is 2.43 bits per heavy atom. The molecule has 2 rings (SSSR count). The van der Waals surface area contributed by atoms with Crippen LogP contribution in [0.15, 0.2) is 4.99 Å². The van der Waals surface area contributed by atoms with Crippen LogP contribution < -0.4 is 5.32 Å². The van der Waals surface area contributed by atoms with Crippen LogP contribution in [0.5, 0.6) is 0 Å². The highest BCUT2D eigenvalue weighted by Gasteiger charge is 2.26. The summed E-state index contributed by atoms with van der Waals surface area (Å²) in [4.78, 5) is 23.1. The van der Waals surface area contributed by atoms with E-state index < -0.39 is 0 Å². The average molecular weight is 509 g/mol. The highest BCUT2D eigenvalue weighted by molar-refractivity contribution is 14.0. The number of piperazine rings is 1. The van der Waals surface area contributed by atoms with Crippen molar-refractivity contribution in [1.29, 1.82) is 0 Å². The topological polar surface area (TPSA) is 60.4 Å². The van der Waals surface area contributed by atoms with Crippen molar-refractivity contribution in [3.63, 3.8) is 0 Å². The number of hydrogen-bond acceptors (Lipinski definition) is 4. The van der Waals surface area contributed by atoms with E-state index in [0.29, 0.717) is 0 Å². The van der Waals surface area contributed by atoms with Crippen molar-refractivity contribution in [2.24, 2.45) is 4.99 Å². The molecule has 1 saturated carbocycles. The number of rotatable bonds is 8. The first-order chi connectivity index (χ1) is 13.1. The second-order valence-electron chi connectivity index (χ2n) is 7.72. The molecule has 0 radical (unpaired) electrons. The molecule has 28 heavy (non-hydrogen) atoms. The molecule has 1 amide bonds. The zero-order valence-corrected chi connectivity index (χ0v) is 20.3. The standard InChI is InChI=1S/C20H39N5O2.HI/c1-4-27-16-8-11-21-20(22-17-19(26)23(2)3)25-14-12-24(13-15-25)18-9-6-5-7-10-18;/h18H,4-17H2,1-3H3,(H,21,22);1H. The lowest BCUT2D eigenvalue weighted by atomic mass is 9.94. The number of nitrogens with one attached hydrogen (secondary N) is 1. The number of ether oxygens (including phenoxy) is 1. The number of amides is 1. The van der Waals surface area contributed by atoms with Crippen molar-refractivity contribution in [1.82, 2.24) is 20.0 Å². The van der Waals surface area contributed by atoms with E-state index in [-0.39, 0.29) is 36.4 Å². The minimum absolute atomic E-state index is 0. The van der Waals surface area contributed by atoms with Gasteiger partial charge in [-0.25, -0.2) is 4.99 Å². The summed E-state index contributed by atoms with van der Waals surface area (Å²) >= 11 is 0. The fraction of sp³-hybridized carbons (Fsp3) is 0.900. The SMILES string of the molecule is CCOCCCNC(=NCC(=O)N(C)C)N1CCN(C2CCCCC2)CC1.I. The van der Waals surface area contributed by atoms with Crippen molar-refractivity contribution < 1.29 is 9.53 Å². The summed E-state index contributed by atoms with van der Waals surface area (Å²) in [7, 11) is 3.55. The molecule has 1 heterocycles. The predicted molar refractivity (Wildman–Crippen MR) is 126 cm³/mol.